The normalized spacial score (nSPS) is 17.8. The Balaban J connectivity index is 1.58. The van der Waals surface area contributed by atoms with E-state index in [1.54, 1.807) is 18.6 Å². The van der Waals surface area contributed by atoms with Crippen LogP contribution in [0.4, 0.5) is 11.6 Å². The smallest absolute Gasteiger partial charge is 0.150 e. The van der Waals surface area contributed by atoms with E-state index in [1.165, 1.54) is 18.4 Å². The fraction of sp³-hybridized carbons (Fsp3) is 0.421. The summed E-state index contributed by atoms with van der Waals surface area (Å²) in [4.78, 5) is 20.1. The number of anilines is 2. The molecule has 1 saturated heterocycles. The third kappa shape index (κ3) is 4.28. The molecule has 0 unspecified atom stereocenters. The molecule has 1 fully saturated rings. The molecule has 0 saturated carbocycles. The number of aromatic nitrogens is 6. The molecule has 1 aliphatic rings. The lowest BCUT2D eigenvalue weighted by atomic mass is 9.98. The Morgan fingerprint density at radius 2 is 2.07 bits per heavy atom. The fourth-order valence-corrected chi connectivity index (χ4v) is 3.62. The second kappa shape index (κ2) is 7.79. The minimum Gasteiger partial charge on any atom is -0.324 e. The molecule has 4 heterocycles. The van der Waals surface area contributed by atoms with Gasteiger partial charge in [-0.3, -0.25) is 14.6 Å². The second-order valence-electron chi connectivity index (χ2n) is 6.95. The summed E-state index contributed by atoms with van der Waals surface area (Å²) in [5, 5.41) is 7.53. The predicted molar refractivity (Wildman–Crippen MR) is 102 cm³/mol. The molecule has 3 aromatic heterocycles. The molecule has 0 aromatic carbocycles. The molecule has 140 valence electrons. The molecule has 0 bridgehead atoms. The van der Waals surface area contributed by atoms with Gasteiger partial charge in [-0.2, -0.15) is 5.10 Å². The number of hydrogen-bond acceptors (Lipinski definition) is 7. The van der Waals surface area contributed by atoms with Crippen LogP contribution in [-0.4, -0.2) is 41.2 Å². The topological polar surface area (TPSA) is 84.7 Å². The highest BCUT2D eigenvalue weighted by molar-refractivity contribution is 5.50. The lowest BCUT2D eigenvalue weighted by molar-refractivity contribution is 0.137. The summed E-state index contributed by atoms with van der Waals surface area (Å²) in [6.45, 7) is 3.88. The SMILES string of the molecule is Cc1nc(Nc2cnccn2)cc([C@H]2CCCCN2Cc2cnn(C)c2)n1. The van der Waals surface area contributed by atoms with Crippen LogP contribution in [0.1, 0.15) is 42.4 Å². The van der Waals surface area contributed by atoms with Crippen LogP contribution in [0, 0.1) is 6.92 Å². The lowest BCUT2D eigenvalue weighted by Gasteiger charge is -2.35. The van der Waals surface area contributed by atoms with E-state index in [-0.39, 0.29) is 6.04 Å². The van der Waals surface area contributed by atoms with E-state index in [1.807, 2.05) is 30.9 Å². The molecule has 0 aliphatic carbocycles. The Kier molecular flexibility index (Phi) is 5.06. The number of hydrogen-bond donors (Lipinski definition) is 1. The van der Waals surface area contributed by atoms with Gasteiger partial charge in [-0.1, -0.05) is 6.42 Å². The van der Waals surface area contributed by atoms with Crippen molar-refractivity contribution >= 4 is 11.6 Å². The summed E-state index contributed by atoms with van der Waals surface area (Å²) >= 11 is 0. The molecule has 8 nitrogen and oxygen atoms in total. The Labute approximate surface area is 158 Å². The largest absolute Gasteiger partial charge is 0.324 e. The molecular weight excluding hydrogens is 340 g/mol. The van der Waals surface area contributed by atoms with Gasteiger partial charge in [0.15, 0.2) is 0 Å². The molecule has 8 heteroatoms. The highest BCUT2D eigenvalue weighted by atomic mass is 15.2. The van der Waals surface area contributed by atoms with Crippen molar-refractivity contribution in [1.29, 1.82) is 0 Å². The van der Waals surface area contributed by atoms with Gasteiger partial charge in [-0.25, -0.2) is 15.0 Å². The average molecular weight is 364 g/mol. The van der Waals surface area contributed by atoms with Gasteiger partial charge in [0.2, 0.25) is 0 Å². The standard InChI is InChI=1S/C19H24N8/c1-14-23-16(9-18(24-14)25-19-11-20-6-7-21-19)17-5-3-4-8-27(17)13-15-10-22-26(2)12-15/h6-7,9-12,17H,3-5,8,13H2,1-2H3,(H,21,23,24,25)/t17-/m1/s1. The summed E-state index contributed by atoms with van der Waals surface area (Å²) in [5.74, 6) is 2.19. The zero-order chi connectivity index (χ0) is 18.6. The van der Waals surface area contributed by atoms with Gasteiger partial charge < -0.3 is 5.32 Å². The zero-order valence-corrected chi connectivity index (χ0v) is 15.7. The molecule has 1 atom stereocenters. The zero-order valence-electron chi connectivity index (χ0n) is 15.7. The number of rotatable bonds is 5. The van der Waals surface area contributed by atoms with Crippen LogP contribution in [0.2, 0.25) is 0 Å². The Bertz CT molecular complexity index is 892. The fourth-order valence-electron chi connectivity index (χ4n) is 3.62. The van der Waals surface area contributed by atoms with E-state index >= 15 is 0 Å². The van der Waals surface area contributed by atoms with Crippen molar-refractivity contribution in [3.8, 4) is 0 Å². The number of nitrogens with one attached hydrogen (secondary N) is 1. The Morgan fingerprint density at radius 1 is 1.15 bits per heavy atom. The van der Waals surface area contributed by atoms with Gasteiger partial charge in [0.25, 0.3) is 0 Å². The van der Waals surface area contributed by atoms with Crippen LogP contribution in [-0.2, 0) is 13.6 Å². The van der Waals surface area contributed by atoms with Crippen molar-refractivity contribution in [2.45, 2.75) is 38.8 Å². The van der Waals surface area contributed by atoms with Crippen LogP contribution in [0.3, 0.4) is 0 Å². The second-order valence-corrected chi connectivity index (χ2v) is 6.95. The number of likely N-dealkylation sites (tertiary alicyclic amines) is 1. The molecule has 0 spiro atoms. The van der Waals surface area contributed by atoms with Crippen molar-refractivity contribution in [2.75, 3.05) is 11.9 Å². The third-order valence-corrected chi connectivity index (χ3v) is 4.78. The van der Waals surface area contributed by atoms with Gasteiger partial charge in [0.05, 0.1) is 24.1 Å². The first-order valence-corrected chi connectivity index (χ1v) is 9.27. The van der Waals surface area contributed by atoms with Gasteiger partial charge in [0, 0.05) is 43.8 Å². The first kappa shape index (κ1) is 17.5. The van der Waals surface area contributed by atoms with Gasteiger partial charge in [-0.05, 0) is 26.3 Å². The molecule has 0 amide bonds. The number of piperidine rings is 1. The maximum atomic E-state index is 4.75. The summed E-state index contributed by atoms with van der Waals surface area (Å²) in [6, 6.07) is 2.32. The molecule has 27 heavy (non-hydrogen) atoms. The molecule has 0 radical (unpaired) electrons. The molecule has 1 N–H and O–H groups in total. The maximum absolute atomic E-state index is 4.75. The lowest BCUT2D eigenvalue weighted by Crippen LogP contribution is -2.33. The van der Waals surface area contributed by atoms with Gasteiger partial charge >= 0.3 is 0 Å². The Hall–Kier alpha value is -2.87. The molecule has 4 rings (SSSR count). The van der Waals surface area contributed by atoms with Crippen molar-refractivity contribution in [2.24, 2.45) is 7.05 Å². The minimum atomic E-state index is 0.281. The van der Waals surface area contributed by atoms with E-state index in [2.05, 4.69) is 36.5 Å². The van der Waals surface area contributed by atoms with Crippen molar-refractivity contribution in [3.63, 3.8) is 0 Å². The first-order valence-electron chi connectivity index (χ1n) is 9.27. The summed E-state index contributed by atoms with van der Waals surface area (Å²) in [5.41, 5.74) is 2.28. The van der Waals surface area contributed by atoms with Crippen LogP contribution in [0.15, 0.2) is 37.1 Å². The van der Waals surface area contributed by atoms with Crippen molar-refractivity contribution in [3.05, 3.63) is 54.1 Å². The van der Waals surface area contributed by atoms with E-state index < -0.39 is 0 Å². The average Bonchev–Trinajstić information content (AvgIpc) is 3.07. The molecule has 3 aromatic rings. The number of nitrogens with zero attached hydrogens (tertiary/aromatic N) is 7. The van der Waals surface area contributed by atoms with Crippen LogP contribution in [0.25, 0.3) is 0 Å². The monoisotopic (exact) mass is 364 g/mol. The summed E-state index contributed by atoms with van der Waals surface area (Å²) in [7, 11) is 1.95. The summed E-state index contributed by atoms with van der Waals surface area (Å²) < 4.78 is 1.85. The van der Waals surface area contributed by atoms with Crippen LogP contribution < -0.4 is 5.32 Å². The van der Waals surface area contributed by atoms with Crippen LogP contribution in [0.5, 0.6) is 0 Å². The summed E-state index contributed by atoms with van der Waals surface area (Å²) in [6.07, 6.45) is 12.5. The quantitative estimate of drug-likeness (QED) is 0.745. The highest BCUT2D eigenvalue weighted by Crippen LogP contribution is 2.32. The molecule has 1 aliphatic heterocycles. The van der Waals surface area contributed by atoms with Gasteiger partial charge in [0.1, 0.15) is 17.5 Å². The van der Waals surface area contributed by atoms with E-state index in [0.717, 1.165) is 36.8 Å². The van der Waals surface area contributed by atoms with E-state index in [0.29, 0.717) is 5.82 Å². The van der Waals surface area contributed by atoms with E-state index in [4.69, 9.17) is 4.98 Å². The van der Waals surface area contributed by atoms with E-state index in [9.17, 15) is 0 Å². The van der Waals surface area contributed by atoms with Crippen molar-refractivity contribution < 1.29 is 0 Å². The first-order chi connectivity index (χ1) is 13.2. The minimum absolute atomic E-state index is 0.281. The molecular formula is C19H24N8. The van der Waals surface area contributed by atoms with Gasteiger partial charge in [-0.15, -0.1) is 0 Å². The highest BCUT2D eigenvalue weighted by Gasteiger charge is 2.26. The maximum Gasteiger partial charge on any atom is 0.150 e. The third-order valence-electron chi connectivity index (χ3n) is 4.78. The van der Waals surface area contributed by atoms with Crippen LogP contribution >= 0.6 is 0 Å². The number of aryl methyl sites for hydroxylation is 2. The Morgan fingerprint density at radius 3 is 2.85 bits per heavy atom. The predicted octanol–water partition coefficient (Wildman–Crippen LogP) is 2.78. The van der Waals surface area contributed by atoms with Crippen molar-refractivity contribution in [1.82, 2.24) is 34.6 Å².